The molecule has 0 aromatic carbocycles. The number of aromatic nitrogens is 1. The number of nitrogens with two attached hydrogens (primary N) is 1. The van der Waals surface area contributed by atoms with E-state index < -0.39 is 18.1 Å². The van der Waals surface area contributed by atoms with Crippen LogP contribution < -0.4 is 10.5 Å². The SMILES string of the molecule is NCc1cc(OC(F)(F)F)nc(Br)c1F. The van der Waals surface area contributed by atoms with E-state index in [2.05, 4.69) is 25.7 Å². The van der Waals surface area contributed by atoms with Crippen LogP contribution in [-0.2, 0) is 6.54 Å². The summed E-state index contributed by atoms with van der Waals surface area (Å²) >= 11 is 2.66. The monoisotopic (exact) mass is 288 g/mol. The van der Waals surface area contributed by atoms with Crippen LogP contribution in [-0.4, -0.2) is 11.3 Å². The zero-order valence-corrected chi connectivity index (χ0v) is 8.69. The molecule has 84 valence electrons. The van der Waals surface area contributed by atoms with Crippen molar-refractivity contribution >= 4 is 15.9 Å². The Hall–Kier alpha value is -0.890. The summed E-state index contributed by atoms with van der Waals surface area (Å²) in [5, 5.41) is 0. The minimum Gasteiger partial charge on any atom is -0.388 e. The zero-order chi connectivity index (χ0) is 11.6. The van der Waals surface area contributed by atoms with E-state index in [0.717, 1.165) is 6.07 Å². The van der Waals surface area contributed by atoms with Crippen LogP contribution in [0, 0.1) is 5.82 Å². The summed E-state index contributed by atoms with van der Waals surface area (Å²) in [6, 6.07) is 0.799. The van der Waals surface area contributed by atoms with Crippen molar-refractivity contribution in [1.82, 2.24) is 4.98 Å². The first-order chi connectivity index (χ1) is 6.83. The Bertz CT molecular complexity index is 369. The van der Waals surface area contributed by atoms with Gasteiger partial charge < -0.3 is 10.5 Å². The van der Waals surface area contributed by atoms with Gasteiger partial charge in [-0.25, -0.2) is 9.37 Å². The molecule has 0 radical (unpaired) electrons. The Morgan fingerprint density at radius 2 is 2.07 bits per heavy atom. The van der Waals surface area contributed by atoms with E-state index >= 15 is 0 Å². The van der Waals surface area contributed by atoms with Gasteiger partial charge in [0.05, 0.1) is 0 Å². The van der Waals surface area contributed by atoms with Gasteiger partial charge in [-0.3, -0.25) is 0 Å². The highest BCUT2D eigenvalue weighted by Gasteiger charge is 2.32. The summed E-state index contributed by atoms with van der Waals surface area (Å²) in [7, 11) is 0. The fourth-order valence-electron chi connectivity index (χ4n) is 0.842. The van der Waals surface area contributed by atoms with E-state index in [1.54, 1.807) is 0 Å². The highest BCUT2D eigenvalue weighted by molar-refractivity contribution is 9.10. The molecule has 3 nitrogen and oxygen atoms in total. The van der Waals surface area contributed by atoms with Gasteiger partial charge in [0.1, 0.15) is 4.60 Å². The molecule has 0 saturated heterocycles. The molecular formula is C7H5BrF4N2O. The predicted molar refractivity (Wildman–Crippen MR) is 46.5 cm³/mol. The molecule has 1 heterocycles. The first-order valence-electron chi connectivity index (χ1n) is 3.64. The molecule has 1 rings (SSSR count). The highest BCUT2D eigenvalue weighted by Crippen LogP contribution is 2.26. The third-order valence-corrected chi connectivity index (χ3v) is 1.93. The number of alkyl halides is 3. The molecule has 1 aromatic heterocycles. The summed E-state index contributed by atoms with van der Waals surface area (Å²) in [6.07, 6.45) is -4.86. The quantitative estimate of drug-likeness (QED) is 0.671. The van der Waals surface area contributed by atoms with E-state index in [0.29, 0.717) is 0 Å². The number of hydrogen-bond donors (Lipinski definition) is 1. The summed E-state index contributed by atoms with van der Waals surface area (Å²) in [4.78, 5) is 3.21. The van der Waals surface area contributed by atoms with Crippen LogP contribution in [0.3, 0.4) is 0 Å². The Kier molecular flexibility index (Phi) is 3.50. The average molecular weight is 289 g/mol. The first kappa shape index (κ1) is 12.2. The number of ether oxygens (including phenoxy) is 1. The second kappa shape index (κ2) is 4.31. The summed E-state index contributed by atoms with van der Waals surface area (Å²) < 4.78 is 51.7. The van der Waals surface area contributed by atoms with Gasteiger partial charge in [0.2, 0.25) is 5.88 Å². The van der Waals surface area contributed by atoms with Crippen LogP contribution >= 0.6 is 15.9 Å². The standard InChI is InChI=1S/C7H5BrF4N2O/c8-6-5(9)3(2-13)1-4(14-6)15-7(10,11)12/h1H,2,13H2. The maximum Gasteiger partial charge on any atom is 0.574 e. The fraction of sp³-hybridized carbons (Fsp3) is 0.286. The normalized spacial score (nSPS) is 11.6. The molecule has 2 N–H and O–H groups in total. The second-order valence-corrected chi connectivity index (χ2v) is 3.23. The third-order valence-electron chi connectivity index (χ3n) is 1.41. The fourth-order valence-corrected chi connectivity index (χ4v) is 1.27. The van der Waals surface area contributed by atoms with Gasteiger partial charge in [0.15, 0.2) is 5.82 Å². The molecular weight excluding hydrogens is 284 g/mol. The van der Waals surface area contributed by atoms with Crippen molar-refractivity contribution in [2.75, 3.05) is 0 Å². The second-order valence-electron chi connectivity index (χ2n) is 2.48. The lowest BCUT2D eigenvalue weighted by atomic mass is 10.2. The van der Waals surface area contributed by atoms with Crippen LogP contribution in [0.25, 0.3) is 0 Å². The van der Waals surface area contributed by atoms with Crippen molar-refractivity contribution in [3.05, 3.63) is 22.1 Å². The van der Waals surface area contributed by atoms with Gasteiger partial charge in [-0.05, 0) is 15.9 Å². The van der Waals surface area contributed by atoms with Crippen molar-refractivity contribution in [2.45, 2.75) is 12.9 Å². The van der Waals surface area contributed by atoms with E-state index in [1.165, 1.54) is 0 Å². The average Bonchev–Trinajstić information content (AvgIpc) is 2.08. The molecule has 0 spiro atoms. The van der Waals surface area contributed by atoms with Gasteiger partial charge >= 0.3 is 6.36 Å². The van der Waals surface area contributed by atoms with Crippen molar-refractivity contribution < 1.29 is 22.3 Å². The molecule has 0 atom stereocenters. The van der Waals surface area contributed by atoms with Crippen LogP contribution in [0.2, 0.25) is 0 Å². The molecule has 1 aromatic rings. The lowest BCUT2D eigenvalue weighted by Crippen LogP contribution is -2.18. The molecule has 0 aliphatic heterocycles. The maximum absolute atomic E-state index is 13.1. The molecule has 0 aliphatic carbocycles. The Balaban J connectivity index is 3.06. The largest absolute Gasteiger partial charge is 0.574 e. The number of halogens is 5. The molecule has 0 unspecified atom stereocenters. The number of rotatable bonds is 2. The van der Waals surface area contributed by atoms with Crippen LogP contribution in [0.1, 0.15) is 5.56 Å². The first-order valence-corrected chi connectivity index (χ1v) is 4.43. The lowest BCUT2D eigenvalue weighted by molar-refractivity contribution is -0.276. The summed E-state index contributed by atoms with van der Waals surface area (Å²) in [5.41, 5.74) is 5.01. The van der Waals surface area contributed by atoms with E-state index in [4.69, 9.17) is 5.73 Å². The maximum atomic E-state index is 13.1. The van der Waals surface area contributed by atoms with Crippen molar-refractivity contribution in [1.29, 1.82) is 0 Å². The molecule has 0 aliphatic rings. The van der Waals surface area contributed by atoms with Crippen LogP contribution in [0.15, 0.2) is 10.7 Å². The Morgan fingerprint density at radius 1 is 1.47 bits per heavy atom. The third kappa shape index (κ3) is 3.31. The highest BCUT2D eigenvalue weighted by atomic mass is 79.9. The molecule has 15 heavy (non-hydrogen) atoms. The number of nitrogens with zero attached hydrogens (tertiary/aromatic N) is 1. The van der Waals surface area contributed by atoms with Gasteiger partial charge in [-0.15, -0.1) is 13.2 Å². The minimum atomic E-state index is -4.86. The van der Waals surface area contributed by atoms with Gasteiger partial charge in [0, 0.05) is 18.2 Å². The topological polar surface area (TPSA) is 48.1 Å². The van der Waals surface area contributed by atoms with Gasteiger partial charge in [-0.1, -0.05) is 0 Å². The molecule has 0 bridgehead atoms. The lowest BCUT2D eigenvalue weighted by Gasteiger charge is -2.09. The van der Waals surface area contributed by atoms with E-state index in [-0.39, 0.29) is 16.7 Å². The van der Waals surface area contributed by atoms with Crippen LogP contribution in [0.4, 0.5) is 17.6 Å². The molecule has 8 heteroatoms. The van der Waals surface area contributed by atoms with Crippen molar-refractivity contribution in [3.8, 4) is 5.88 Å². The molecule has 0 amide bonds. The predicted octanol–water partition coefficient (Wildman–Crippen LogP) is 2.34. The Labute approximate surface area is 90.4 Å². The van der Waals surface area contributed by atoms with E-state index in [9.17, 15) is 17.6 Å². The smallest absolute Gasteiger partial charge is 0.388 e. The summed E-state index contributed by atoms with van der Waals surface area (Å²) in [5.74, 6) is -1.55. The number of pyridine rings is 1. The Morgan fingerprint density at radius 3 is 2.53 bits per heavy atom. The van der Waals surface area contributed by atoms with E-state index in [1.807, 2.05) is 0 Å². The zero-order valence-electron chi connectivity index (χ0n) is 7.11. The van der Waals surface area contributed by atoms with Crippen molar-refractivity contribution in [3.63, 3.8) is 0 Å². The summed E-state index contributed by atoms with van der Waals surface area (Å²) in [6.45, 7) is -0.249. The van der Waals surface area contributed by atoms with Gasteiger partial charge in [0.25, 0.3) is 0 Å². The molecule has 0 saturated carbocycles. The minimum absolute atomic E-state index is 0.115. The van der Waals surface area contributed by atoms with Crippen LogP contribution in [0.5, 0.6) is 5.88 Å². The van der Waals surface area contributed by atoms with Gasteiger partial charge in [-0.2, -0.15) is 0 Å². The molecule has 0 fully saturated rings. The van der Waals surface area contributed by atoms with Crippen molar-refractivity contribution in [2.24, 2.45) is 5.73 Å². The number of hydrogen-bond acceptors (Lipinski definition) is 3.